The molecule has 0 saturated carbocycles. The van der Waals surface area contributed by atoms with Crippen molar-refractivity contribution >= 4 is 29.2 Å². The minimum Gasteiger partial charge on any atom is -0.477 e. The van der Waals surface area contributed by atoms with E-state index in [9.17, 15) is 9.18 Å². The number of benzene rings is 1. The average Bonchev–Trinajstić information content (AvgIpc) is 2.33. The topological polar surface area (TPSA) is 75.1 Å². The number of anilines is 2. The summed E-state index contributed by atoms with van der Waals surface area (Å²) < 4.78 is 13.0. The fourth-order valence-corrected chi connectivity index (χ4v) is 1.62. The molecule has 0 amide bonds. The van der Waals surface area contributed by atoms with Gasteiger partial charge in [-0.1, -0.05) is 11.6 Å². The third-order valence-corrected chi connectivity index (χ3v) is 2.54. The Morgan fingerprint density at radius 1 is 1.37 bits per heavy atom. The van der Waals surface area contributed by atoms with Gasteiger partial charge in [-0.05, 0) is 31.2 Å². The molecule has 2 rings (SSSR count). The number of carbonyl (C=O) groups is 1. The highest BCUT2D eigenvalue weighted by Crippen LogP contribution is 2.21. The molecule has 0 bridgehead atoms. The normalized spacial score (nSPS) is 10.3. The van der Waals surface area contributed by atoms with Crippen molar-refractivity contribution in [2.24, 2.45) is 0 Å². The van der Waals surface area contributed by atoms with E-state index in [1.54, 1.807) is 6.92 Å². The maximum Gasteiger partial charge on any atom is 0.354 e. The Morgan fingerprint density at radius 2 is 2.11 bits per heavy atom. The third-order valence-electron chi connectivity index (χ3n) is 2.25. The Balaban J connectivity index is 2.32. The van der Waals surface area contributed by atoms with Gasteiger partial charge in [-0.25, -0.2) is 19.2 Å². The average molecular weight is 282 g/mol. The highest BCUT2D eigenvalue weighted by molar-refractivity contribution is 6.31. The van der Waals surface area contributed by atoms with E-state index in [1.807, 2.05) is 0 Å². The molecule has 0 aliphatic carbocycles. The number of rotatable bonds is 3. The summed E-state index contributed by atoms with van der Waals surface area (Å²) in [7, 11) is 0. The van der Waals surface area contributed by atoms with E-state index < -0.39 is 11.8 Å². The van der Waals surface area contributed by atoms with Crippen LogP contribution in [-0.2, 0) is 0 Å². The lowest BCUT2D eigenvalue weighted by atomic mass is 10.3. The molecule has 0 spiro atoms. The number of nitrogens with one attached hydrogen (secondary N) is 1. The van der Waals surface area contributed by atoms with Crippen LogP contribution in [0.25, 0.3) is 0 Å². The predicted octanol–water partition coefficient (Wildman–Crippen LogP) is 3.02. The Kier molecular flexibility index (Phi) is 3.62. The van der Waals surface area contributed by atoms with Crippen LogP contribution in [0.1, 0.15) is 16.2 Å². The highest BCUT2D eigenvalue weighted by atomic mass is 35.5. The molecule has 98 valence electrons. The van der Waals surface area contributed by atoms with Gasteiger partial charge < -0.3 is 10.4 Å². The van der Waals surface area contributed by atoms with E-state index >= 15 is 0 Å². The van der Waals surface area contributed by atoms with Crippen molar-refractivity contribution in [1.29, 1.82) is 0 Å². The Morgan fingerprint density at radius 3 is 2.74 bits per heavy atom. The number of hydrogen-bond acceptors (Lipinski definition) is 4. The van der Waals surface area contributed by atoms with Gasteiger partial charge in [0.15, 0.2) is 5.69 Å². The number of aryl methyl sites for hydroxylation is 1. The molecule has 0 saturated heterocycles. The molecule has 1 aromatic heterocycles. The van der Waals surface area contributed by atoms with Gasteiger partial charge in [0.25, 0.3) is 0 Å². The molecule has 0 aliphatic rings. The molecule has 0 fully saturated rings. The largest absolute Gasteiger partial charge is 0.477 e. The summed E-state index contributed by atoms with van der Waals surface area (Å²) in [5, 5.41) is 11.6. The Labute approximate surface area is 113 Å². The second kappa shape index (κ2) is 5.19. The zero-order valence-electron chi connectivity index (χ0n) is 9.82. The number of halogens is 2. The second-order valence-corrected chi connectivity index (χ2v) is 4.18. The van der Waals surface area contributed by atoms with Gasteiger partial charge in [-0.2, -0.15) is 0 Å². The van der Waals surface area contributed by atoms with E-state index in [2.05, 4.69) is 15.3 Å². The summed E-state index contributed by atoms with van der Waals surface area (Å²) in [4.78, 5) is 18.7. The molecule has 2 N–H and O–H groups in total. The number of carboxylic acid groups (broad SMARTS) is 1. The Hall–Kier alpha value is -2.21. The molecular weight excluding hydrogens is 273 g/mol. The van der Waals surface area contributed by atoms with Crippen molar-refractivity contribution in [2.75, 3.05) is 5.32 Å². The van der Waals surface area contributed by atoms with E-state index in [1.165, 1.54) is 24.3 Å². The standard InChI is InChI=1S/C12H9ClFN3O2/c1-6-4-10(11(18)19)17-12(15-6)16-7-2-3-9(14)8(13)5-7/h2-5H,1H3,(H,18,19)(H,15,16,17). The lowest BCUT2D eigenvalue weighted by molar-refractivity contribution is 0.0690. The first-order valence-electron chi connectivity index (χ1n) is 5.27. The fourth-order valence-electron chi connectivity index (χ4n) is 1.44. The third kappa shape index (κ3) is 3.17. The van der Waals surface area contributed by atoms with Crippen molar-refractivity contribution in [3.63, 3.8) is 0 Å². The predicted molar refractivity (Wildman–Crippen MR) is 68.4 cm³/mol. The van der Waals surface area contributed by atoms with Gasteiger partial charge in [0.1, 0.15) is 5.82 Å². The van der Waals surface area contributed by atoms with Crippen LogP contribution in [0.3, 0.4) is 0 Å². The number of carboxylic acids is 1. The number of aromatic nitrogens is 2. The molecule has 19 heavy (non-hydrogen) atoms. The maximum atomic E-state index is 13.0. The number of aromatic carboxylic acids is 1. The van der Waals surface area contributed by atoms with Crippen LogP contribution in [0.2, 0.25) is 5.02 Å². The first-order chi connectivity index (χ1) is 8.95. The SMILES string of the molecule is Cc1cc(C(=O)O)nc(Nc2ccc(F)c(Cl)c2)n1. The van der Waals surface area contributed by atoms with Crippen LogP contribution in [0, 0.1) is 12.7 Å². The minimum atomic E-state index is -1.15. The van der Waals surface area contributed by atoms with Crippen molar-refractivity contribution < 1.29 is 14.3 Å². The number of hydrogen-bond donors (Lipinski definition) is 2. The molecular formula is C12H9ClFN3O2. The smallest absolute Gasteiger partial charge is 0.354 e. The molecule has 0 unspecified atom stereocenters. The van der Waals surface area contributed by atoms with Gasteiger partial charge in [-0.3, -0.25) is 0 Å². The molecule has 0 radical (unpaired) electrons. The second-order valence-electron chi connectivity index (χ2n) is 3.78. The summed E-state index contributed by atoms with van der Waals surface area (Å²) in [5.41, 5.74) is 0.847. The van der Waals surface area contributed by atoms with Gasteiger partial charge in [0, 0.05) is 11.4 Å². The lowest BCUT2D eigenvalue weighted by Gasteiger charge is -2.07. The molecule has 7 heteroatoms. The summed E-state index contributed by atoms with van der Waals surface area (Å²) in [6.45, 7) is 1.65. The van der Waals surface area contributed by atoms with Crippen LogP contribution < -0.4 is 5.32 Å². The zero-order valence-corrected chi connectivity index (χ0v) is 10.6. The quantitative estimate of drug-likeness (QED) is 0.904. The van der Waals surface area contributed by atoms with Crippen LogP contribution in [-0.4, -0.2) is 21.0 Å². The first kappa shape index (κ1) is 13.2. The lowest BCUT2D eigenvalue weighted by Crippen LogP contribution is -2.06. The molecule has 0 aliphatic heterocycles. The summed E-state index contributed by atoms with van der Waals surface area (Å²) in [5.74, 6) is -1.57. The number of nitrogens with zero attached hydrogens (tertiary/aromatic N) is 2. The molecule has 5 nitrogen and oxygen atoms in total. The van der Waals surface area contributed by atoms with Crippen molar-refractivity contribution in [1.82, 2.24) is 9.97 Å². The van der Waals surface area contributed by atoms with E-state index in [0.29, 0.717) is 11.4 Å². The maximum absolute atomic E-state index is 13.0. The molecule has 0 atom stereocenters. The van der Waals surface area contributed by atoms with Gasteiger partial charge in [0.05, 0.1) is 5.02 Å². The fraction of sp³-hybridized carbons (Fsp3) is 0.0833. The van der Waals surface area contributed by atoms with Gasteiger partial charge in [-0.15, -0.1) is 0 Å². The van der Waals surface area contributed by atoms with E-state index in [4.69, 9.17) is 16.7 Å². The van der Waals surface area contributed by atoms with Crippen molar-refractivity contribution in [3.8, 4) is 0 Å². The zero-order chi connectivity index (χ0) is 14.0. The minimum absolute atomic E-state index is 0.0453. The van der Waals surface area contributed by atoms with E-state index in [0.717, 1.165) is 0 Å². The molecule has 2 aromatic rings. The first-order valence-corrected chi connectivity index (χ1v) is 5.64. The molecule has 1 aromatic carbocycles. The van der Waals surface area contributed by atoms with E-state index in [-0.39, 0.29) is 16.7 Å². The van der Waals surface area contributed by atoms with Crippen LogP contribution in [0.15, 0.2) is 24.3 Å². The highest BCUT2D eigenvalue weighted by Gasteiger charge is 2.09. The monoisotopic (exact) mass is 281 g/mol. The van der Waals surface area contributed by atoms with Crippen LogP contribution >= 0.6 is 11.6 Å². The van der Waals surface area contributed by atoms with Gasteiger partial charge >= 0.3 is 5.97 Å². The summed E-state index contributed by atoms with van der Waals surface area (Å²) in [6.07, 6.45) is 0. The van der Waals surface area contributed by atoms with Crippen molar-refractivity contribution in [3.05, 3.63) is 46.5 Å². The summed E-state index contributed by atoms with van der Waals surface area (Å²) in [6, 6.07) is 5.36. The van der Waals surface area contributed by atoms with Crippen molar-refractivity contribution in [2.45, 2.75) is 6.92 Å². The van der Waals surface area contributed by atoms with Crippen LogP contribution in [0.5, 0.6) is 0 Å². The molecule has 1 heterocycles. The summed E-state index contributed by atoms with van der Waals surface area (Å²) >= 11 is 5.64. The Bertz CT molecular complexity index is 649. The van der Waals surface area contributed by atoms with Crippen LogP contribution in [0.4, 0.5) is 16.0 Å². The van der Waals surface area contributed by atoms with Gasteiger partial charge in [0.2, 0.25) is 5.95 Å².